The van der Waals surface area contributed by atoms with Gasteiger partial charge in [-0.3, -0.25) is 0 Å². The lowest BCUT2D eigenvalue weighted by Gasteiger charge is -2.25. The van der Waals surface area contributed by atoms with Crippen molar-refractivity contribution in [1.29, 1.82) is 0 Å². The van der Waals surface area contributed by atoms with E-state index in [9.17, 15) is 0 Å². The number of halogens is 1. The molecule has 1 fully saturated rings. The molecule has 1 aromatic carbocycles. The van der Waals surface area contributed by atoms with Crippen LogP contribution in [0.25, 0.3) is 0 Å². The van der Waals surface area contributed by atoms with Crippen LogP contribution in [0.2, 0.25) is 0 Å². The highest BCUT2D eigenvalue weighted by atomic mass is 79.9. The molecule has 3 heteroatoms. The van der Waals surface area contributed by atoms with E-state index in [4.69, 9.17) is 4.74 Å². The summed E-state index contributed by atoms with van der Waals surface area (Å²) >= 11 is 3.58. The van der Waals surface area contributed by atoms with E-state index in [1.54, 1.807) is 7.11 Å². The minimum absolute atomic E-state index is 0.583. The fourth-order valence-corrected chi connectivity index (χ4v) is 3.14. The van der Waals surface area contributed by atoms with Crippen LogP contribution in [0.4, 0.5) is 0 Å². The second kappa shape index (κ2) is 5.19. The quantitative estimate of drug-likeness (QED) is 0.900. The van der Waals surface area contributed by atoms with Crippen LogP contribution in [0.15, 0.2) is 16.6 Å². The molecule has 1 saturated heterocycles. The Labute approximate surface area is 106 Å². The summed E-state index contributed by atoms with van der Waals surface area (Å²) in [6.07, 6.45) is 2.50. The smallest absolute Gasteiger partial charge is 0.136 e. The van der Waals surface area contributed by atoms with Crippen LogP contribution in [-0.4, -0.2) is 20.2 Å². The van der Waals surface area contributed by atoms with Crippen LogP contribution in [0, 0.1) is 6.92 Å². The van der Waals surface area contributed by atoms with Gasteiger partial charge >= 0.3 is 0 Å². The molecule has 1 heterocycles. The van der Waals surface area contributed by atoms with Gasteiger partial charge in [0.1, 0.15) is 5.75 Å². The molecule has 1 N–H and O–H groups in total. The van der Waals surface area contributed by atoms with Gasteiger partial charge in [-0.05, 0) is 59.4 Å². The predicted octanol–water partition coefficient (Wildman–Crippen LogP) is 3.23. The second-order valence-electron chi connectivity index (χ2n) is 4.41. The fourth-order valence-electron chi connectivity index (χ4n) is 2.39. The van der Waals surface area contributed by atoms with Crippen LogP contribution >= 0.6 is 15.9 Å². The molecule has 0 saturated carbocycles. The van der Waals surface area contributed by atoms with E-state index < -0.39 is 0 Å². The van der Waals surface area contributed by atoms with Crippen molar-refractivity contribution in [3.63, 3.8) is 0 Å². The third-order valence-electron chi connectivity index (χ3n) is 3.16. The molecule has 1 atom stereocenters. The standard InChI is InChI=1S/C13H18BrNO/c1-9-6-11(10-4-3-5-15-8-10)13(16-2)12(14)7-9/h6-7,10,15H,3-5,8H2,1-2H3. The molecule has 0 amide bonds. The van der Waals surface area contributed by atoms with Crippen molar-refractivity contribution < 1.29 is 4.74 Å². The maximum Gasteiger partial charge on any atom is 0.136 e. The molecule has 0 bridgehead atoms. The maximum absolute atomic E-state index is 5.51. The number of methoxy groups -OCH3 is 1. The minimum Gasteiger partial charge on any atom is -0.495 e. The van der Waals surface area contributed by atoms with Gasteiger partial charge in [0.25, 0.3) is 0 Å². The molecule has 1 aliphatic heterocycles. The molecule has 88 valence electrons. The second-order valence-corrected chi connectivity index (χ2v) is 5.27. The van der Waals surface area contributed by atoms with Gasteiger partial charge in [-0.1, -0.05) is 6.07 Å². The highest BCUT2D eigenvalue weighted by molar-refractivity contribution is 9.10. The third-order valence-corrected chi connectivity index (χ3v) is 3.75. The Morgan fingerprint density at radius 1 is 1.44 bits per heavy atom. The Kier molecular flexibility index (Phi) is 3.87. The van der Waals surface area contributed by atoms with Gasteiger partial charge in [-0.25, -0.2) is 0 Å². The average Bonchev–Trinajstić information content (AvgIpc) is 2.29. The van der Waals surface area contributed by atoms with Gasteiger partial charge in [-0.2, -0.15) is 0 Å². The van der Waals surface area contributed by atoms with Crippen molar-refractivity contribution in [3.8, 4) is 5.75 Å². The number of benzene rings is 1. The Hall–Kier alpha value is -0.540. The summed E-state index contributed by atoms with van der Waals surface area (Å²) in [5.74, 6) is 1.58. The summed E-state index contributed by atoms with van der Waals surface area (Å²) in [4.78, 5) is 0. The lowest BCUT2D eigenvalue weighted by atomic mass is 9.90. The molecule has 1 aromatic rings. The summed E-state index contributed by atoms with van der Waals surface area (Å²) in [6.45, 7) is 4.34. The predicted molar refractivity (Wildman–Crippen MR) is 70.3 cm³/mol. The van der Waals surface area contributed by atoms with E-state index in [1.807, 2.05) is 0 Å². The first-order valence-corrected chi connectivity index (χ1v) is 6.56. The Balaban J connectivity index is 2.36. The number of rotatable bonds is 2. The van der Waals surface area contributed by atoms with Gasteiger partial charge in [0, 0.05) is 12.5 Å². The number of hydrogen-bond acceptors (Lipinski definition) is 2. The summed E-state index contributed by atoms with van der Waals surface area (Å²) in [7, 11) is 1.75. The lowest BCUT2D eigenvalue weighted by Crippen LogP contribution is -2.28. The van der Waals surface area contributed by atoms with E-state index in [-0.39, 0.29) is 0 Å². The molecule has 2 rings (SSSR count). The Bertz CT molecular complexity index is 372. The molecule has 2 nitrogen and oxygen atoms in total. The highest BCUT2D eigenvalue weighted by Crippen LogP contribution is 2.37. The fraction of sp³-hybridized carbons (Fsp3) is 0.538. The summed E-state index contributed by atoms with van der Waals surface area (Å²) < 4.78 is 6.58. The van der Waals surface area contributed by atoms with Crippen LogP contribution in [0.5, 0.6) is 5.75 Å². The number of hydrogen-bond donors (Lipinski definition) is 1. The molecule has 1 unspecified atom stereocenters. The number of nitrogens with one attached hydrogen (secondary N) is 1. The zero-order chi connectivity index (χ0) is 11.5. The topological polar surface area (TPSA) is 21.3 Å². The van der Waals surface area contributed by atoms with E-state index in [1.165, 1.54) is 24.0 Å². The molecule has 0 spiro atoms. The molecular formula is C13H18BrNO. The Morgan fingerprint density at radius 2 is 2.25 bits per heavy atom. The zero-order valence-corrected chi connectivity index (χ0v) is 11.4. The first kappa shape index (κ1) is 11.9. The minimum atomic E-state index is 0.583. The first-order valence-electron chi connectivity index (χ1n) is 5.77. The summed E-state index contributed by atoms with van der Waals surface area (Å²) in [6, 6.07) is 4.36. The average molecular weight is 284 g/mol. The van der Waals surface area contributed by atoms with Crippen molar-refractivity contribution in [2.45, 2.75) is 25.7 Å². The third kappa shape index (κ3) is 2.41. The van der Waals surface area contributed by atoms with Gasteiger partial charge in [0.2, 0.25) is 0 Å². The molecule has 16 heavy (non-hydrogen) atoms. The Morgan fingerprint density at radius 3 is 2.88 bits per heavy atom. The zero-order valence-electron chi connectivity index (χ0n) is 9.85. The SMILES string of the molecule is COc1c(Br)cc(C)cc1C1CCCNC1. The van der Waals surface area contributed by atoms with Gasteiger partial charge < -0.3 is 10.1 Å². The summed E-state index contributed by atoms with van der Waals surface area (Å²) in [5, 5.41) is 3.45. The number of ether oxygens (including phenoxy) is 1. The molecule has 1 aliphatic rings. The van der Waals surface area contributed by atoms with Crippen molar-refractivity contribution in [3.05, 3.63) is 27.7 Å². The van der Waals surface area contributed by atoms with Crippen LogP contribution in [0.3, 0.4) is 0 Å². The first-order chi connectivity index (χ1) is 7.72. The molecule has 0 aromatic heterocycles. The van der Waals surface area contributed by atoms with Crippen molar-refractivity contribution in [2.24, 2.45) is 0 Å². The molecular weight excluding hydrogens is 266 g/mol. The van der Waals surface area contributed by atoms with Gasteiger partial charge in [-0.15, -0.1) is 0 Å². The molecule has 0 aliphatic carbocycles. The monoisotopic (exact) mass is 283 g/mol. The van der Waals surface area contributed by atoms with Gasteiger partial charge in [0.05, 0.1) is 11.6 Å². The van der Waals surface area contributed by atoms with E-state index in [0.29, 0.717) is 5.92 Å². The van der Waals surface area contributed by atoms with Crippen LogP contribution < -0.4 is 10.1 Å². The largest absolute Gasteiger partial charge is 0.495 e. The van der Waals surface area contributed by atoms with Crippen LogP contribution in [0.1, 0.15) is 29.9 Å². The van der Waals surface area contributed by atoms with Crippen LogP contribution in [-0.2, 0) is 0 Å². The van der Waals surface area contributed by atoms with Crippen molar-refractivity contribution >= 4 is 15.9 Å². The lowest BCUT2D eigenvalue weighted by molar-refractivity contribution is 0.390. The van der Waals surface area contributed by atoms with E-state index in [0.717, 1.165) is 23.3 Å². The van der Waals surface area contributed by atoms with Crippen molar-refractivity contribution in [2.75, 3.05) is 20.2 Å². The van der Waals surface area contributed by atoms with Crippen molar-refractivity contribution in [1.82, 2.24) is 5.32 Å². The van der Waals surface area contributed by atoms with E-state index in [2.05, 4.69) is 40.3 Å². The summed E-state index contributed by atoms with van der Waals surface area (Å²) in [5.41, 5.74) is 2.62. The maximum atomic E-state index is 5.51. The van der Waals surface area contributed by atoms with Gasteiger partial charge in [0.15, 0.2) is 0 Å². The van der Waals surface area contributed by atoms with E-state index >= 15 is 0 Å². The number of piperidine rings is 1. The number of aryl methyl sites for hydroxylation is 1. The normalized spacial score (nSPS) is 20.8. The highest BCUT2D eigenvalue weighted by Gasteiger charge is 2.20. The molecule has 0 radical (unpaired) electrons.